The van der Waals surface area contributed by atoms with Gasteiger partial charge in [0.1, 0.15) is 5.75 Å². The van der Waals surface area contributed by atoms with Gasteiger partial charge in [-0.1, -0.05) is 6.07 Å². The number of hydrogen-bond donors (Lipinski definition) is 3. The smallest absolute Gasteiger partial charge is 0.233 e. The third-order valence-corrected chi connectivity index (χ3v) is 2.38. The number of carbonyl (C=O) groups excluding carboxylic acids is 2. The number of hydrogen-bond acceptors (Lipinski definition) is 4. The van der Waals surface area contributed by atoms with Crippen molar-refractivity contribution in [3.05, 3.63) is 24.3 Å². The Morgan fingerprint density at radius 3 is 2.79 bits per heavy atom. The lowest BCUT2D eigenvalue weighted by atomic mass is 10.2. The van der Waals surface area contributed by atoms with Crippen molar-refractivity contribution < 1.29 is 14.3 Å². The second-order valence-electron chi connectivity index (χ2n) is 4.08. The molecule has 0 aliphatic heterocycles. The molecule has 0 unspecified atom stereocenters. The number of carbonyl (C=O) groups is 2. The Morgan fingerprint density at radius 1 is 1.32 bits per heavy atom. The number of benzene rings is 1. The highest BCUT2D eigenvalue weighted by Crippen LogP contribution is 2.17. The molecule has 6 nitrogen and oxygen atoms in total. The lowest BCUT2D eigenvalue weighted by molar-refractivity contribution is -0.121. The van der Waals surface area contributed by atoms with Gasteiger partial charge < -0.3 is 10.1 Å². The van der Waals surface area contributed by atoms with E-state index in [0.717, 1.165) is 6.42 Å². The van der Waals surface area contributed by atoms with Crippen molar-refractivity contribution in [2.24, 2.45) is 5.84 Å². The zero-order valence-electron chi connectivity index (χ0n) is 10.9. The first-order valence-electron chi connectivity index (χ1n) is 6.11. The Bertz CT molecular complexity index is 435. The van der Waals surface area contributed by atoms with E-state index < -0.39 is 0 Å². The van der Waals surface area contributed by atoms with E-state index in [-0.39, 0.29) is 11.8 Å². The highest BCUT2D eigenvalue weighted by Gasteiger charge is 2.00. The van der Waals surface area contributed by atoms with Crippen LogP contribution in [-0.2, 0) is 9.59 Å². The summed E-state index contributed by atoms with van der Waals surface area (Å²) in [6.07, 6.45) is 1.87. The lowest BCUT2D eigenvalue weighted by Crippen LogP contribution is -2.29. The predicted octanol–water partition coefficient (Wildman–Crippen LogP) is 1.18. The van der Waals surface area contributed by atoms with Crippen molar-refractivity contribution >= 4 is 17.5 Å². The molecule has 0 heterocycles. The van der Waals surface area contributed by atoms with Crippen molar-refractivity contribution in [2.75, 3.05) is 11.9 Å². The summed E-state index contributed by atoms with van der Waals surface area (Å²) >= 11 is 0. The largest absolute Gasteiger partial charge is 0.494 e. The van der Waals surface area contributed by atoms with Crippen LogP contribution in [0, 0.1) is 0 Å². The van der Waals surface area contributed by atoms with Crippen LogP contribution in [0.5, 0.6) is 5.75 Å². The molecule has 0 atom stereocenters. The molecule has 1 rings (SSSR count). The topological polar surface area (TPSA) is 93.4 Å². The maximum Gasteiger partial charge on any atom is 0.233 e. The van der Waals surface area contributed by atoms with Gasteiger partial charge in [0.2, 0.25) is 11.8 Å². The van der Waals surface area contributed by atoms with Crippen LogP contribution >= 0.6 is 0 Å². The van der Waals surface area contributed by atoms with Crippen LogP contribution < -0.4 is 21.3 Å². The monoisotopic (exact) mass is 265 g/mol. The second-order valence-corrected chi connectivity index (χ2v) is 4.08. The molecule has 0 aliphatic rings. The molecular weight excluding hydrogens is 246 g/mol. The van der Waals surface area contributed by atoms with Crippen molar-refractivity contribution in [2.45, 2.75) is 26.2 Å². The summed E-state index contributed by atoms with van der Waals surface area (Å²) in [7, 11) is 0. The van der Waals surface area contributed by atoms with Gasteiger partial charge in [-0.2, -0.15) is 0 Å². The highest BCUT2D eigenvalue weighted by atomic mass is 16.5. The Kier molecular flexibility index (Phi) is 6.38. The summed E-state index contributed by atoms with van der Waals surface area (Å²) in [5.41, 5.74) is 2.78. The Balaban J connectivity index is 2.29. The van der Waals surface area contributed by atoms with Gasteiger partial charge in [0.25, 0.3) is 0 Å². The number of hydrazine groups is 1. The highest BCUT2D eigenvalue weighted by molar-refractivity contribution is 5.88. The van der Waals surface area contributed by atoms with Crippen molar-refractivity contribution in [3.63, 3.8) is 0 Å². The average Bonchev–Trinajstić information content (AvgIpc) is 2.37. The van der Waals surface area contributed by atoms with E-state index in [0.29, 0.717) is 30.9 Å². The minimum atomic E-state index is -0.173. The fourth-order valence-corrected chi connectivity index (χ4v) is 1.52. The minimum Gasteiger partial charge on any atom is -0.494 e. The Hall–Kier alpha value is -2.08. The lowest BCUT2D eigenvalue weighted by Gasteiger charge is -2.08. The fourth-order valence-electron chi connectivity index (χ4n) is 1.52. The summed E-state index contributed by atoms with van der Waals surface area (Å²) in [6.45, 7) is 1.97. The number of nitrogens with two attached hydrogens (primary N) is 1. The van der Waals surface area contributed by atoms with Crippen LogP contribution in [0.3, 0.4) is 0 Å². The number of nitrogens with one attached hydrogen (secondary N) is 2. The molecule has 1 aromatic carbocycles. The van der Waals surface area contributed by atoms with Gasteiger partial charge in [0.15, 0.2) is 0 Å². The third-order valence-electron chi connectivity index (χ3n) is 2.38. The number of unbranched alkanes of at least 4 members (excludes halogenated alkanes) is 1. The molecule has 0 radical (unpaired) electrons. The number of amides is 2. The quantitative estimate of drug-likeness (QED) is 0.299. The molecule has 0 spiro atoms. The molecule has 0 aliphatic carbocycles. The molecule has 0 saturated carbocycles. The SMILES string of the molecule is CC(=O)Nc1cccc(OCCCCC(=O)NN)c1. The molecule has 0 bridgehead atoms. The van der Waals surface area contributed by atoms with Crippen molar-refractivity contribution in [1.29, 1.82) is 0 Å². The van der Waals surface area contributed by atoms with Crippen molar-refractivity contribution in [1.82, 2.24) is 5.43 Å². The standard InChI is InChI=1S/C13H19N3O3/c1-10(17)15-11-5-4-6-12(9-11)19-8-3-2-7-13(18)16-14/h4-6,9H,2-3,7-8,14H2,1H3,(H,15,17)(H,16,18). The van der Waals surface area contributed by atoms with Gasteiger partial charge in [0, 0.05) is 25.1 Å². The zero-order valence-corrected chi connectivity index (χ0v) is 10.9. The van der Waals surface area contributed by atoms with Gasteiger partial charge in [0.05, 0.1) is 6.61 Å². The van der Waals surface area contributed by atoms with Gasteiger partial charge in [-0.15, -0.1) is 0 Å². The third kappa shape index (κ3) is 6.42. The van der Waals surface area contributed by atoms with E-state index in [2.05, 4.69) is 10.7 Å². The number of ether oxygens (including phenoxy) is 1. The molecule has 4 N–H and O–H groups in total. The van der Waals surface area contributed by atoms with Crippen LogP contribution in [-0.4, -0.2) is 18.4 Å². The molecule has 0 saturated heterocycles. The van der Waals surface area contributed by atoms with E-state index in [1.54, 1.807) is 12.1 Å². The fraction of sp³-hybridized carbons (Fsp3) is 0.385. The molecule has 2 amide bonds. The summed E-state index contributed by atoms with van der Waals surface area (Å²) in [5.74, 6) is 5.36. The molecule has 1 aromatic rings. The number of anilines is 1. The van der Waals surface area contributed by atoms with Crippen LogP contribution in [0.2, 0.25) is 0 Å². The summed E-state index contributed by atoms with van der Waals surface area (Å²) in [6, 6.07) is 7.17. The van der Waals surface area contributed by atoms with Crippen LogP contribution in [0.4, 0.5) is 5.69 Å². The van der Waals surface area contributed by atoms with Crippen LogP contribution in [0.25, 0.3) is 0 Å². The normalized spacial score (nSPS) is 9.79. The van der Waals surface area contributed by atoms with Gasteiger partial charge in [-0.25, -0.2) is 5.84 Å². The summed E-state index contributed by atoms with van der Waals surface area (Å²) in [5, 5.41) is 2.68. The molecule has 0 fully saturated rings. The first-order chi connectivity index (χ1) is 9.11. The maximum absolute atomic E-state index is 10.9. The van der Waals surface area contributed by atoms with Gasteiger partial charge >= 0.3 is 0 Å². The molecule has 104 valence electrons. The van der Waals surface area contributed by atoms with E-state index in [1.165, 1.54) is 6.92 Å². The summed E-state index contributed by atoms with van der Waals surface area (Å²) < 4.78 is 5.53. The zero-order chi connectivity index (χ0) is 14.1. The Labute approximate surface area is 112 Å². The van der Waals surface area contributed by atoms with E-state index in [1.807, 2.05) is 12.1 Å². The van der Waals surface area contributed by atoms with E-state index in [9.17, 15) is 9.59 Å². The van der Waals surface area contributed by atoms with E-state index >= 15 is 0 Å². The van der Waals surface area contributed by atoms with Gasteiger partial charge in [-0.3, -0.25) is 15.0 Å². The maximum atomic E-state index is 10.9. The van der Waals surface area contributed by atoms with E-state index in [4.69, 9.17) is 10.6 Å². The average molecular weight is 265 g/mol. The van der Waals surface area contributed by atoms with Crippen LogP contribution in [0.1, 0.15) is 26.2 Å². The molecular formula is C13H19N3O3. The molecule has 19 heavy (non-hydrogen) atoms. The first kappa shape index (κ1) is 15.0. The first-order valence-corrected chi connectivity index (χ1v) is 6.11. The van der Waals surface area contributed by atoms with Crippen LogP contribution in [0.15, 0.2) is 24.3 Å². The second kappa shape index (κ2) is 8.10. The Morgan fingerprint density at radius 2 is 2.11 bits per heavy atom. The van der Waals surface area contributed by atoms with Crippen molar-refractivity contribution in [3.8, 4) is 5.75 Å². The minimum absolute atomic E-state index is 0.120. The summed E-state index contributed by atoms with van der Waals surface area (Å²) in [4.78, 5) is 21.8. The van der Waals surface area contributed by atoms with Gasteiger partial charge in [-0.05, 0) is 25.0 Å². The predicted molar refractivity (Wildman–Crippen MR) is 72.4 cm³/mol. The number of rotatable bonds is 7. The molecule has 0 aromatic heterocycles. The molecule has 6 heteroatoms.